The highest BCUT2D eigenvalue weighted by Gasteiger charge is 2.19. The molecule has 0 radical (unpaired) electrons. The second kappa shape index (κ2) is 6.82. The molecule has 0 aliphatic carbocycles. The summed E-state index contributed by atoms with van der Waals surface area (Å²) in [5, 5.41) is 0. The Bertz CT molecular complexity index is 308. The average molecular weight is 224 g/mol. The first-order chi connectivity index (χ1) is 7.40. The third kappa shape index (κ3) is 4.77. The molecule has 0 saturated carbocycles. The summed E-state index contributed by atoms with van der Waals surface area (Å²) in [6.07, 6.45) is 3.08. The van der Waals surface area contributed by atoms with E-state index in [0.717, 1.165) is 19.3 Å². The topological polar surface area (TPSA) is 86.2 Å². The number of carbonyl (C=O) groups excluding carboxylic acids is 2. The van der Waals surface area contributed by atoms with Crippen LogP contribution in [0.25, 0.3) is 0 Å². The Morgan fingerprint density at radius 2 is 1.75 bits per heavy atom. The molecule has 0 aromatic rings. The number of hydrogen-bond donors (Lipinski definition) is 2. The Hall–Kier alpha value is -1.58. The average Bonchev–Trinajstić information content (AvgIpc) is 2.22. The van der Waals surface area contributed by atoms with Crippen molar-refractivity contribution in [3.05, 3.63) is 24.3 Å². The summed E-state index contributed by atoms with van der Waals surface area (Å²) in [6.45, 7) is 9.28. The van der Waals surface area contributed by atoms with E-state index in [1.807, 2.05) is 6.92 Å². The maximum absolute atomic E-state index is 11.0. The van der Waals surface area contributed by atoms with Crippen LogP contribution in [0.5, 0.6) is 0 Å². The highest BCUT2D eigenvalue weighted by atomic mass is 16.1. The predicted octanol–water partition coefficient (Wildman–Crippen LogP) is 1.27. The molecule has 0 fully saturated rings. The number of primary amides is 2. The van der Waals surface area contributed by atoms with Gasteiger partial charge in [-0.2, -0.15) is 0 Å². The predicted molar refractivity (Wildman–Crippen MR) is 64.3 cm³/mol. The maximum atomic E-state index is 11.0. The summed E-state index contributed by atoms with van der Waals surface area (Å²) in [4.78, 5) is 21.9. The lowest BCUT2D eigenvalue weighted by Crippen LogP contribution is -2.23. The van der Waals surface area contributed by atoms with Crippen LogP contribution in [0.15, 0.2) is 24.3 Å². The van der Waals surface area contributed by atoms with E-state index in [2.05, 4.69) is 13.2 Å². The second-order valence-electron chi connectivity index (χ2n) is 3.90. The van der Waals surface area contributed by atoms with Crippen molar-refractivity contribution in [3.8, 4) is 0 Å². The summed E-state index contributed by atoms with van der Waals surface area (Å²) in [5.41, 5.74) is 10.9. The fraction of sp³-hybridized carbons (Fsp3) is 0.500. The van der Waals surface area contributed by atoms with E-state index in [9.17, 15) is 9.59 Å². The van der Waals surface area contributed by atoms with Crippen LogP contribution in [-0.4, -0.2) is 11.8 Å². The highest BCUT2D eigenvalue weighted by Crippen LogP contribution is 2.23. The quantitative estimate of drug-likeness (QED) is 0.608. The third-order valence-electron chi connectivity index (χ3n) is 2.56. The van der Waals surface area contributed by atoms with Gasteiger partial charge in [0.15, 0.2) is 0 Å². The Labute approximate surface area is 96.4 Å². The Kier molecular flexibility index (Phi) is 6.15. The molecular weight excluding hydrogens is 204 g/mol. The SMILES string of the molecule is C=C(CC(CCCC)C(=C)C(N)=O)C(N)=O. The Morgan fingerprint density at radius 3 is 2.12 bits per heavy atom. The minimum absolute atomic E-state index is 0.127. The van der Waals surface area contributed by atoms with Crippen LogP contribution in [0.2, 0.25) is 0 Å². The van der Waals surface area contributed by atoms with Crippen molar-refractivity contribution in [1.82, 2.24) is 0 Å². The molecule has 2 amide bonds. The smallest absolute Gasteiger partial charge is 0.244 e. The second-order valence-corrected chi connectivity index (χ2v) is 3.90. The molecule has 4 heteroatoms. The summed E-state index contributed by atoms with van der Waals surface area (Å²) < 4.78 is 0. The third-order valence-corrected chi connectivity index (χ3v) is 2.56. The van der Waals surface area contributed by atoms with Gasteiger partial charge in [0, 0.05) is 11.1 Å². The number of amides is 2. The van der Waals surface area contributed by atoms with Crippen molar-refractivity contribution in [2.75, 3.05) is 0 Å². The summed E-state index contributed by atoms with van der Waals surface area (Å²) >= 11 is 0. The van der Waals surface area contributed by atoms with Gasteiger partial charge in [-0.15, -0.1) is 0 Å². The molecule has 0 spiro atoms. The van der Waals surface area contributed by atoms with Gasteiger partial charge in [-0.25, -0.2) is 0 Å². The van der Waals surface area contributed by atoms with Gasteiger partial charge >= 0.3 is 0 Å². The van der Waals surface area contributed by atoms with Crippen LogP contribution in [0, 0.1) is 5.92 Å². The normalized spacial score (nSPS) is 11.8. The number of rotatable bonds is 8. The van der Waals surface area contributed by atoms with E-state index in [1.165, 1.54) is 0 Å². The van der Waals surface area contributed by atoms with Crippen molar-refractivity contribution in [2.24, 2.45) is 17.4 Å². The van der Waals surface area contributed by atoms with Gasteiger partial charge in [-0.05, 0) is 18.8 Å². The van der Waals surface area contributed by atoms with Crippen molar-refractivity contribution >= 4 is 11.8 Å². The van der Waals surface area contributed by atoms with E-state index >= 15 is 0 Å². The van der Waals surface area contributed by atoms with Gasteiger partial charge < -0.3 is 11.5 Å². The zero-order chi connectivity index (χ0) is 12.7. The van der Waals surface area contributed by atoms with Crippen LogP contribution < -0.4 is 11.5 Å². The van der Waals surface area contributed by atoms with Crippen molar-refractivity contribution in [3.63, 3.8) is 0 Å². The van der Waals surface area contributed by atoms with Gasteiger partial charge in [0.05, 0.1) is 0 Å². The van der Waals surface area contributed by atoms with Crippen molar-refractivity contribution < 1.29 is 9.59 Å². The molecule has 0 rings (SSSR count). The van der Waals surface area contributed by atoms with Crippen LogP contribution >= 0.6 is 0 Å². The van der Waals surface area contributed by atoms with E-state index in [-0.39, 0.29) is 5.92 Å². The zero-order valence-electron chi connectivity index (χ0n) is 9.79. The molecule has 0 heterocycles. The fourth-order valence-corrected chi connectivity index (χ4v) is 1.45. The van der Waals surface area contributed by atoms with Crippen LogP contribution in [0.4, 0.5) is 0 Å². The van der Waals surface area contributed by atoms with E-state index < -0.39 is 11.8 Å². The molecule has 4 nitrogen and oxygen atoms in total. The summed E-state index contributed by atoms with van der Waals surface area (Å²) in [5.74, 6) is -1.20. The van der Waals surface area contributed by atoms with Crippen molar-refractivity contribution in [2.45, 2.75) is 32.6 Å². The molecule has 0 bridgehead atoms. The zero-order valence-corrected chi connectivity index (χ0v) is 9.79. The largest absolute Gasteiger partial charge is 0.366 e. The molecular formula is C12H20N2O2. The lowest BCUT2D eigenvalue weighted by atomic mass is 9.88. The molecule has 90 valence electrons. The van der Waals surface area contributed by atoms with Gasteiger partial charge in [0.2, 0.25) is 11.8 Å². The van der Waals surface area contributed by atoms with Gasteiger partial charge in [0.25, 0.3) is 0 Å². The minimum atomic E-state index is -0.543. The van der Waals surface area contributed by atoms with Crippen LogP contribution in [0.3, 0.4) is 0 Å². The molecule has 0 aromatic carbocycles. The maximum Gasteiger partial charge on any atom is 0.244 e. The molecule has 0 aliphatic rings. The first-order valence-electron chi connectivity index (χ1n) is 5.36. The summed E-state index contributed by atoms with van der Waals surface area (Å²) in [7, 11) is 0. The minimum Gasteiger partial charge on any atom is -0.366 e. The van der Waals surface area contributed by atoms with E-state index in [1.54, 1.807) is 0 Å². The molecule has 0 aliphatic heterocycles. The summed E-state index contributed by atoms with van der Waals surface area (Å²) in [6, 6.07) is 0. The number of unbranched alkanes of at least 4 members (excludes halogenated alkanes) is 1. The van der Waals surface area contributed by atoms with Gasteiger partial charge in [-0.1, -0.05) is 32.9 Å². The monoisotopic (exact) mass is 224 g/mol. The van der Waals surface area contributed by atoms with Crippen LogP contribution in [-0.2, 0) is 9.59 Å². The molecule has 16 heavy (non-hydrogen) atoms. The number of carbonyl (C=O) groups is 2. The van der Waals surface area contributed by atoms with Crippen LogP contribution in [0.1, 0.15) is 32.6 Å². The highest BCUT2D eigenvalue weighted by molar-refractivity contribution is 5.93. The fourth-order valence-electron chi connectivity index (χ4n) is 1.45. The molecule has 1 atom stereocenters. The molecule has 0 aromatic heterocycles. The van der Waals surface area contributed by atoms with E-state index in [4.69, 9.17) is 11.5 Å². The lowest BCUT2D eigenvalue weighted by molar-refractivity contribution is -0.116. The number of hydrogen-bond acceptors (Lipinski definition) is 2. The first kappa shape index (κ1) is 14.4. The van der Waals surface area contributed by atoms with Crippen molar-refractivity contribution in [1.29, 1.82) is 0 Å². The molecule has 4 N–H and O–H groups in total. The Morgan fingerprint density at radius 1 is 1.19 bits per heavy atom. The van der Waals surface area contributed by atoms with E-state index in [0.29, 0.717) is 17.6 Å². The molecule has 1 unspecified atom stereocenters. The Balaban J connectivity index is 4.54. The first-order valence-corrected chi connectivity index (χ1v) is 5.36. The lowest BCUT2D eigenvalue weighted by Gasteiger charge is -2.17. The number of nitrogens with two attached hydrogens (primary N) is 2. The van der Waals surface area contributed by atoms with Gasteiger partial charge in [-0.3, -0.25) is 9.59 Å². The molecule has 0 saturated heterocycles. The standard InChI is InChI=1S/C12H20N2O2/c1-4-5-6-10(9(3)12(14)16)7-8(2)11(13)15/h10H,2-7H2,1H3,(H2,13,15)(H2,14,16). The van der Waals surface area contributed by atoms with Gasteiger partial charge in [0.1, 0.15) is 0 Å².